The fraction of sp³-hybridized carbons (Fsp3) is 0.167. The Labute approximate surface area is 133 Å². The Kier molecular flexibility index (Phi) is 4.11. The molecule has 2 aromatic carbocycles. The van der Waals surface area contributed by atoms with Crippen molar-refractivity contribution in [1.29, 1.82) is 0 Å². The first-order chi connectivity index (χ1) is 8.04. The van der Waals surface area contributed by atoms with Crippen LogP contribution in [0.15, 0.2) is 35.2 Å². The summed E-state index contributed by atoms with van der Waals surface area (Å²) >= 11 is 1.86. The second-order valence-electron chi connectivity index (χ2n) is 4.10. The maximum Gasteiger partial charge on any atom is 1.00 e. The molecular weight excluding hydrogens is 279 g/mol. The van der Waals surface area contributed by atoms with Gasteiger partial charge in [-0.05, 0) is 40.1 Å². The summed E-state index contributed by atoms with van der Waals surface area (Å²) in [6.45, 7) is 0. The number of benzene rings is 2. The minimum absolute atomic E-state index is 0. The molecule has 3 nitrogen and oxygen atoms in total. The maximum atomic E-state index is 11.1. The van der Waals surface area contributed by atoms with E-state index in [-0.39, 0.29) is 35.9 Å². The van der Waals surface area contributed by atoms with Crippen molar-refractivity contribution in [3.63, 3.8) is 0 Å². The fourth-order valence-electron chi connectivity index (χ4n) is 2.07. The average molecular weight is 290 g/mol. The molecule has 18 heavy (non-hydrogen) atoms. The molecule has 0 atom stereocenters. The second kappa shape index (κ2) is 5.15. The molecule has 2 aromatic rings. The van der Waals surface area contributed by atoms with Gasteiger partial charge in [0.15, 0.2) is 0 Å². The first-order valence-corrected chi connectivity index (χ1v) is 7.74. The van der Waals surface area contributed by atoms with Gasteiger partial charge in [0, 0.05) is 11.5 Å². The van der Waals surface area contributed by atoms with Gasteiger partial charge in [0.05, 0.1) is 4.90 Å². The van der Waals surface area contributed by atoms with Crippen molar-refractivity contribution >= 4 is 32.7 Å². The van der Waals surface area contributed by atoms with E-state index in [0.29, 0.717) is 0 Å². The van der Waals surface area contributed by atoms with Crippen LogP contribution in [0, 0.1) is 0 Å². The maximum absolute atomic E-state index is 11.1. The molecule has 1 aliphatic rings. The molecule has 0 fully saturated rings. The molecule has 90 valence electrons. The quantitative estimate of drug-likeness (QED) is 0.591. The van der Waals surface area contributed by atoms with Crippen LogP contribution in [0.1, 0.15) is 12.6 Å². The van der Waals surface area contributed by atoms with Crippen LogP contribution in [0.25, 0.3) is 10.8 Å². The monoisotopic (exact) mass is 290 g/mol. The van der Waals surface area contributed by atoms with Gasteiger partial charge >= 0.3 is 29.6 Å². The van der Waals surface area contributed by atoms with Crippen LogP contribution < -0.4 is 29.6 Å². The zero-order valence-electron chi connectivity index (χ0n) is 10.9. The molecule has 1 N–H and O–H groups in total. The van der Waals surface area contributed by atoms with Crippen LogP contribution in [-0.4, -0.2) is 13.0 Å². The Balaban J connectivity index is 0.000000902. The van der Waals surface area contributed by atoms with Gasteiger partial charge in [-0.3, -0.25) is 4.55 Å². The van der Waals surface area contributed by atoms with Crippen LogP contribution in [0.2, 0.25) is 0 Å². The van der Waals surface area contributed by atoms with Crippen LogP contribution in [-0.2, 0) is 21.6 Å². The topological polar surface area (TPSA) is 54.4 Å². The summed E-state index contributed by atoms with van der Waals surface area (Å²) in [7, 11) is -4.11. The molecular formula is C12H11NaO3S2. The molecule has 0 aromatic heterocycles. The van der Waals surface area contributed by atoms with Crippen molar-refractivity contribution < 1.29 is 44.0 Å². The first-order valence-electron chi connectivity index (χ1n) is 5.15. The summed E-state index contributed by atoms with van der Waals surface area (Å²) in [6.07, 6.45) is 0. The molecule has 0 spiro atoms. The van der Waals surface area contributed by atoms with Crippen molar-refractivity contribution in [3.05, 3.63) is 41.5 Å². The summed E-state index contributed by atoms with van der Waals surface area (Å²) in [6, 6.07) is 8.81. The van der Waals surface area contributed by atoms with E-state index in [1.54, 1.807) is 6.07 Å². The summed E-state index contributed by atoms with van der Waals surface area (Å²) in [5, 5.41) is 1.88. The van der Waals surface area contributed by atoms with Gasteiger partial charge in [0.2, 0.25) is 0 Å². The third kappa shape index (κ3) is 2.61. The number of fused-ring (bicyclic) bond motifs is 2. The molecule has 0 amide bonds. The van der Waals surface area contributed by atoms with Crippen LogP contribution in [0.5, 0.6) is 0 Å². The number of rotatable bonds is 1. The fourth-order valence-corrected chi connectivity index (χ4v) is 3.67. The molecule has 0 bridgehead atoms. The summed E-state index contributed by atoms with van der Waals surface area (Å²) in [5.41, 5.74) is 2.58. The van der Waals surface area contributed by atoms with Crippen molar-refractivity contribution in [1.82, 2.24) is 0 Å². The van der Waals surface area contributed by atoms with Gasteiger partial charge in [-0.1, -0.05) is 12.1 Å². The normalized spacial score (nSPS) is 14.3. The van der Waals surface area contributed by atoms with Gasteiger partial charge in [0.1, 0.15) is 0 Å². The van der Waals surface area contributed by atoms with Crippen molar-refractivity contribution in [2.75, 3.05) is 0 Å². The molecule has 0 unspecified atom stereocenters. The minimum atomic E-state index is -4.11. The third-order valence-electron chi connectivity index (χ3n) is 2.94. The number of thioether (sulfide) groups is 1. The van der Waals surface area contributed by atoms with E-state index in [1.807, 2.05) is 17.8 Å². The van der Waals surface area contributed by atoms with E-state index in [1.165, 1.54) is 23.3 Å². The second-order valence-corrected chi connectivity index (χ2v) is 6.50. The van der Waals surface area contributed by atoms with E-state index >= 15 is 0 Å². The molecule has 6 heteroatoms. The first kappa shape index (κ1) is 14.4. The zero-order valence-corrected chi connectivity index (χ0v) is 13.5. The van der Waals surface area contributed by atoms with Crippen LogP contribution >= 0.6 is 11.8 Å². The Morgan fingerprint density at radius 1 is 1.06 bits per heavy atom. The predicted molar refractivity (Wildman–Crippen MR) is 69.9 cm³/mol. The van der Waals surface area contributed by atoms with Crippen molar-refractivity contribution in [2.24, 2.45) is 0 Å². The van der Waals surface area contributed by atoms with Gasteiger partial charge in [-0.15, -0.1) is 0 Å². The summed E-state index contributed by atoms with van der Waals surface area (Å²) in [5.74, 6) is 1.99. The van der Waals surface area contributed by atoms with E-state index in [2.05, 4.69) is 6.07 Å². The Hall–Kier alpha value is -0.0400. The molecule has 0 aliphatic carbocycles. The van der Waals surface area contributed by atoms with E-state index in [9.17, 15) is 8.42 Å². The molecule has 1 aliphatic heterocycles. The molecule has 0 radical (unpaired) electrons. The van der Waals surface area contributed by atoms with Crippen molar-refractivity contribution in [3.8, 4) is 0 Å². The number of hydrogen-bond acceptors (Lipinski definition) is 3. The summed E-state index contributed by atoms with van der Waals surface area (Å²) < 4.78 is 31.1. The Bertz CT molecular complexity index is 716. The van der Waals surface area contributed by atoms with Gasteiger partial charge < -0.3 is 1.43 Å². The Morgan fingerprint density at radius 2 is 1.67 bits per heavy atom. The zero-order chi connectivity index (χ0) is 12.0. The largest absolute Gasteiger partial charge is 1.00 e. The molecule has 3 rings (SSSR count). The minimum Gasteiger partial charge on any atom is -1.00 e. The van der Waals surface area contributed by atoms with Gasteiger partial charge in [-0.2, -0.15) is 20.2 Å². The average Bonchev–Trinajstić information content (AvgIpc) is 2.70. The SMILES string of the molecule is O=S(=O)(O)c1ccc2cc3c(cc2c1)CSC3.[H-].[Na+]. The molecule has 0 saturated heterocycles. The van der Waals surface area contributed by atoms with E-state index in [4.69, 9.17) is 4.55 Å². The summed E-state index contributed by atoms with van der Waals surface area (Å²) in [4.78, 5) is -0.0457. The van der Waals surface area contributed by atoms with Crippen molar-refractivity contribution in [2.45, 2.75) is 16.4 Å². The smallest absolute Gasteiger partial charge is 1.00 e. The standard InChI is InChI=1S/C12H10O3S2.Na.H/c13-17(14,15)12-2-1-8-3-10-6-16-7-11(10)4-9(8)5-12;;/h1-5H,6-7H2,(H,13,14,15);;/q;+1;-1. The third-order valence-corrected chi connectivity index (χ3v) is 4.82. The van der Waals surface area contributed by atoms with Gasteiger partial charge in [-0.25, -0.2) is 0 Å². The Morgan fingerprint density at radius 3 is 2.28 bits per heavy atom. The van der Waals surface area contributed by atoms with Crippen LogP contribution in [0.4, 0.5) is 0 Å². The van der Waals surface area contributed by atoms with E-state index < -0.39 is 10.1 Å². The van der Waals surface area contributed by atoms with Gasteiger partial charge in [0.25, 0.3) is 10.1 Å². The van der Waals surface area contributed by atoms with E-state index in [0.717, 1.165) is 22.3 Å². The molecule has 0 saturated carbocycles. The molecule has 1 heterocycles. The number of hydrogen-bond donors (Lipinski definition) is 1. The van der Waals surface area contributed by atoms with Crippen LogP contribution in [0.3, 0.4) is 0 Å². The predicted octanol–water partition coefficient (Wildman–Crippen LogP) is -0.0502.